The minimum atomic E-state index is -0.617. The molecule has 19 heavy (non-hydrogen) atoms. The van der Waals surface area contributed by atoms with Crippen LogP contribution >= 0.6 is 22.9 Å². The van der Waals surface area contributed by atoms with E-state index in [4.69, 9.17) is 11.6 Å². The first kappa shape index (κ1) is 14.8. The number of hydrogen-bond acceptors (Lipinski definition) is 3. The fraction of sp³-hybridized carbons (Fsp3) is 0.643. The number of likely N-dealkylation sites (tertiary alicyclic amines) is 1. The molecule has 1 aliphatic rings. The predicted molar refractivity (Wildman–Crippen MR) is 78.8 cm³/mol. The van der Waals surface area contributed by atoms with Crippen molar-refractivity contribution in [3.05, 3.63) is 21.3 Å². The molecule has 2 rings (SSSR count). The molecule has 0 radical (unpaired) electrons. The lowest BCUT2D eigenvalue weighted by molar-refractivity contribution is -0.152. The average molecular weight is 302 g/mol. The average Bonchev–Trinajstić information content (AvgIpc) is 2.77. The number of piperidine rings is 1. The maximum absolute atomic E-state index is 11.5. The van der Waals surface area contributed by atoms with E-state index in [0.29, 0.717) is 0 Å². The van der Waals surface area contributed by atoms with Crippen LogP contribution in [0.3, 0.4) is 0 Å². The van der Waals surface area contributed by atoms with Gasteiger partial charge in [0.1, 0.15) is 0 Å². The fourth-order valence-electron chi connectivity index (χ4n) is 2.85. The van der Waals surface area contributed by atoms with E-state index in [-0.39, 0.29) is 0 Å². The number of thiophene rings is 1. The number of halogens is 1. The molecule has 0 unspecified atom stereocenters. The van der Waals surface area contributed by atoms with Gasteiger partial charge in [-0.2, -0.15) is 0 Å². The third-order valence-corrected chi connectivity index (χ3v) is 5.22. The second-order valence-corrected chi connectivity index (χ2v) is 7.12. The third-order valence-electron chi connectivity index (χ3n) is 4.00. The zero-order chi connectivity index (χ0) is 13.9. The maximum atomic E-state index is 11.5. The fourth-order valence-corrected chi connectivity index (χ4v) is 3.98. The highest BCUT2D eigenvalue weighted by Crippen LogP contribution is 2.37. The number of aliphatic carboxylic acids is 1. The van der Waals surface area contributed by atoms with Gasteiger partial charge in [0.05, 0.1) is 9.75 Å². The Labute approximate surface area is 123 Å². The van der Waals surface area contributed by atoms with Crippen LogP contribution in [-0.2, 0) is 11.3 Å². The SMILES string of the molecule is CCCC1(C(=O)O)CCN(Cc2ccc(Cl)s2)CC1. The van der Waals surface area contributed by atoms with Gasteiger partial charge in [0.25, 0.3) is 0 Å². The van der Waals surface area contributed by atoms with Crippen LogP contribution in [0.15, 0.2) is 12.1 Å². The van der Waals surface area contributed by atoms with E-state index in [1.54, 1.807) is 11.3 Å². The van der Waals surface area contributed by atoms with Crippen LogP contribution < -0.4 is 0 Å². The van der Waals surface area contributed by atoms with Crippen molar-refractivity contribution in [3.8, 4) is 0 Å². The van der Waals surface area contributed by atoms with Crippen molar-refractivity contribution in [1.82, 2.24) is 4.90 Å². The Kier molecular flexibility index (Phi) is 4.87. The number of nitrogens with zero attached hydrogens (tertiary/aromatic N) is 1. The van der Waals surface area contributed by atoms with Crippen molar-refractivity contribution in [2.45, 2.75) is 39.2 Å². The van der Waals surface area contributed by atoms with Gasteiger partial charge in [-0.15, -0.1) is 11.3 Å². The van der Waals surface area contributed by atoms with Gasteiger partial charge in [0, 0.05) is 11.4 Å². The van der Waals surface area contributed by atoms with Crippen LogP contribution in [0.5, 0.6) is 0 Å². The molecule has 1 aliphatic heterocycles. The molecule has 5 heteroatoms. The number of carboxylic acids is 1. The molecular formula is C14H20ClNO2S. The summed E-state index contributed by atoms with van der Waals surface area (Å²) in [6.45, 7) is 4.67. The minimum absolute atomic E-state index is 0.488. The summed E-state index contributed by atoms with van der Waals surface area (Å²) in [4.78, 5) is 15.1. The topological polar surface area (TPSA) is 40.5 Å². The van der Waals surface area contributed by atoms with E-state index in [1.807, 2.05) is 6.07 Å². The summed E-state index contributed by atoms with van der Waals surface area (Å²) >= 11 is 7.53. The van der Waals surface area contributed by atoms with Gasteiger partial charge in [0.2, 0.25) is 0 Å². The highest BCUT2D eigenvalue weighted by molar-refractivity contribution is 7.16. The minimum Gasteiger partial charge on any atom is -0.481 e. The van der Waals surface area contributed by atoms with Crippen molar-refractivity contribution in [2.24, 2.45) is 5.41 Å². The van der Waals surface area contributed by atoms with Crippen molar-refractivity contribution in [2.75, 3.05) is 13.1 Å². The normalized spacial score (nSPS) is 19.5. The molecule has 3 nitrogen and oxygen atoms in total. The Morgan fingerprint density at radius 3 is 2.63 bits per heavy atom. The lowest BCUT2D eigenvalue weighted by atomic mass is 9.75. The molecule has 0 aromatic carbocycles. The molecule has 0 amide bonds. The van der Waals surface area contributed by atoms with E-state index in [2.05, 4.69) is 17.9 Å². The molecule has 0 aliphatic carbocycles. The molecule has 0 bridgehead atoms. The van der Waals surface area contributed by atoms with Crippen LogP contribution in [0, 0.1) is 5.41 Å². The summed E-state index contributed by atoms with van der Waals surface area (Å²) in [5.41, 5.74) is -0.488. The lowest BCUT2D eigenvalue weighted by Gasteiger charge is -2.38. The zero-order valence-electron chi connectivity index (χ0n) is 11.2. The highest BCUT2D eigenvalue weighted by atomic mass is 35.5. The molecule has 0 spiro atoms. The van der Waals surface area contributed by atoms with Crippen molar-refractivity contribution in [1.29, 1.82) is 0 Å². The van der Waals surface area contributed by atoms with Gasteiger partial charge in [-0.3, -0.25) is 9.69 Å². The summed E-state index contributed by atoms with van der Waals surface area (Å²) < 4.78 is 0.817. The monoisotopic (exact) mass is 301 g/mol. The summed E-state index contributed by atoms with van der Waals surface area (Å²) in [6, 6.07) is 3.97. The number of carboxylic acid groups (broad SMARTS) is 1. The van der Waals surface area contributed by atoms with Gasteiger partial charge in [0.15, 0.2) is 0 Å². The molecule has 1 saturated heterocycles. The van der Waals surface area contributed by atoms with Gasteiger partial charge < -0.3 is 5.11 Å². The molecule has 0 saturated carbocycles. The largest absolute Gasteiger partial charge is 0.481 e. The standard InChI is InChI=1S/C14H20ClNO2S/c1-2-5-14(13(17)18)6-8-16(9-7-14)10-11-3-4-12(15)19-11/h3-4H,2,5-10H2,1H3,(H,17,18). The third kappa shape index (κ3) is 3.50. The van der Waals surface area contributed by atoms with Crippen LogP contribution in [0.25, 0.3) is 0 Å². The Bertz CT molecular complexity index is 438. The molecule has 106 valence electrons. The van der Waals surface area contributed by atoms with E-state index < -0.39 is 11.4 Å². The van der Waals surface area contributed by atoms with Crippen LogP contribution in [0.4, 0.5) is 0 Å². The molecule has 1 N–H and O–H groups in total. The molecular weight excluding hydrogens is 282 g/mol. The first-order valence-electron chi connectivity index (χ1n) is 6.76. The molecule has 0 atom stereocenters. The van der Waals surface area contributed by atoms with Crippen molar-refractivity contribution in [3.63, 3.8) is 0 Å². The number of carbonyl (C=O) groups is 1. The summed E-state index contributed by atoms with van der Waals surface area (Å²) in [7, 11) is 0. The summed E-state index contributed by atoms with van der Waals surface area (Å²) in [5, 5.41) is 9.47. The second-order valence-electron chi connectivity index (χ2n) is 5.32. The zero-order valence-corrected chi connectivity index (χ0v) is 12.8. The quantitative estimate of drug-likeness (QED) is 0.897. The van der Waals surface area contributed by atoms with E-state index in [1.165, 1.54) is 4.88 Å². The maximum Gasteiger partial charge on any atom is 0.309 e. The molecule has 1 aromatic heterocycles. The van der Waals surface area contributed by atoms with Crippen molar-refractivity contribution < 1.29 is 9.90 Å². The van der Waals surface area contributed by atoms with Gasteiger partial charge in [-0.25, -0.2) is 0 Å². The van der Waals surface area contributed by atoms with Crippen LogP contribution in [0.2, 0.25) is 4.34 Å². The van der Waals surface area contributed by atoms with Gasteiger partial charge in [-0.05, 0) is 44.5 Å². The van der Waals surface area contributed by atoms with E-state index in [9.17, 15) is 9.90 Å². The van der Waals surface area contributed by atoms with Crippen LogP contribution in [-0.4, -0.2) is 29.1 Å². The molecule has 1 aromatic rings. The van der Waals surface area contributed by atoms with Crippen LogP contribution in [0.1, 0.15) is 37.5 Å². The van der Waals surface area contributed by atoms with E-state index in [0.717, 1.165) is 49.7 Å². The first-order chi connectivity index (χ1) is 9.05. The van der Waals surface area contributed by atoms with Crippen molar-refractivity contribution >= 4 is 28.9 Å². The number of hydrogen-bond donors (Lipinski definition) is 1. The Balaban J connectivity index is 1.92. The second kappa shape index (κ2) is 6.25. The van der Waals surface area contributed by atoms with Gasteiger partial charge >= 0.3 is 5.97 Å². The Morgan fingerprint density at radius 2 is 2.16 bits per heavy atom. The van der Waals surface area contributed by atoms with Gasteiger partial charge in [-0.1, -0.05) is 24.9 Å². The molecule has 2 heterocycles. The lowest BCUT2D eigenvalue weighted by Crippen LogP contribution is -2.43. The smallest absolute Gasteiger partial charge is 0.309 e. The predicted octanol–water partition coefficient (Wildman–Crippen LogP) is 3.87. The summed E-state index contributed by atoms with van der Waals surface area (Å²) in [6.07, 6.45) is 3.25. The molecule has 1 fully saturated rings. The Hall–Kier alpha value is -0.580. The first-order valence-corrected chi connectivity index (χ1v) is 7.95. The van der Waals surface area contributed by atoms with E-state index >= 15 is 0 Å². The number of rotatable bonds is 5. The Morgan fingerprint density at radius 1 is 1.47 bits per heavy atom. The summed E-state index contributed by atoms with van der Waals surface area (Å²) in [5.74, 6) is -0.617. The highest BCUT2D eigenvalue weighted by Gasteiger charge is 2.40.